The molecule has 2 unspecified atom stereocenters. The second-order valence-corrected chi connectivity index (χ2v) is 5.83. The lowest BCUT2D eigenvalue weighted by atomic mass is 9.87. The summed E-state index contributed by atoms with van der Waals surface area (Å²) in [6.07, 6.45) is 0.802. The average Bonchev–Trinajstić information content (AvgIpc) is 2.15. The summed E-state index contributed by atoms with van der Waals surface area (Å²) >= 11 is 3.60. The van der Waals surface area contributed by atoms with Gasteiger partial charge in [0, 0.05) is 4.83 Å². The van der Waals surface area contributed by atoms with Crippen molar-refractivity contribution in [1.82, 2.24) is 0 Å². The van der Waals surface area contributed by atoms with Crippen LogP contribution in [-0.4, -0.2) is 4.83 Å². The maximum atomic E-state index is 13.5. The van der Waals surface area contributed by atoms with Gasteiger partial charge in [-0.3, -0.25) is 0 Å². The monoisotopic (exact) mass is 272 g/mol. The van der Waals surface area contributed by atoms with Gasteiger partial charge in [0.25, 0.3) is 0 Å². The van der Waals surface area contributed by atoms with Crippen LogP contribution >= 0.6 is 15.9 Å². The number of alkyl halides is 1. The average molecular weight is 273 g/mol. The van der Waals surface area contributed by atoms with Gasteiger partial charge in [-0.2, -0.15) is 0 Å². The molecular weight excluding hydrogens is 255 g/mol. The fourth-order valence-corrected chi connectivity index (χ4v) is 2.64. The van der Waals surface area contributed by atoms with E-state index in [-0.39, 0.29) is 5.82 Å². The van der Waals surface area contributed by atoms with E-state index in [1.165, 1.54) is 6.07 Å². The molecule has 0 amide bonds. The Balaban J connectivity index is 2.79. The van der Waals surface area contributed by atoms with Crippen LogP contribution in [0.4, 0.5) is 4.39 Å². The van der Waals surface area contributed by atoms with Gasteiger partial charge in [0.15, 0.2) is 0 Å². The van der Waals surface area contributed by atoms with E-state index in [1.807, 2.05) is 12.1 Å². The molecule has 1 rings (SSSR count). The van der Waals surface area contributed by atoms with Crippen molar-refractivity contribution in [2.75, 3.05) is 0 Å². The Morgan fingerprint density at radius 3 is 2.27 bits per heavy atom. The summed E-state index contributed by atoms with van der Waals surface area (Å²) < 4.78 is 13.5. The number of hydrogen-bond acceptors (Lipinski definition) is 0. The number of hydrogen-bond donors (Lipinski definition) is 0. The van der Waals surface area contributed by atoms with E-state index in [9.17, 15) is 4.39 Å². The summed E-state index contributed by atoms with van der Waals surface area (Å²) in [5, 5.41) is 0. The van der Waals surface area contributed by atoms with Gasteiger partial charge in [-0.15, -0.1) is 0 Å². The quantitative estimate of drug-likeness (QED) is 0.712. The minimum absolute atomic E-state index is 0.0868. The molecule has 0 fully saturated rings. The van der Waals surface area contributed by atoms with E-state index >= 15 is 0 Å². The van der Waals surface area contributed by atoms with E-state index in [0.717, 1.165) is 12.0 Å². The molecule has 0 saturated carbocycles. The summed E-state index contributed by atoms with van der Waals surface area (Å²) in [5.74, 6) is 0.942. The highest BCUT2D eigenvalue weighted by atomic mass is 79.9. The van der Waals surface area contributed by atoms with Crippen molar-refractivity contribution in [3.8, 4) is 0 Å². The first-order chi connectivity index (χ1) is 7.02. The molecule has 2 heteroatoms. The van der Waals surface area contributed by atoms with E-state index < -0.39 is 0 Å². The van der Waals surface area contributed by atoms with Crippen molar-refractivity contribution >= 4 is 15.9 Å². The summed E-state index contributed by atoms with van der Waals surface area (Å²) in [4.78, 5) is 0.414. The van der Waals surface area contributed by atoms with Crippen LogP contribution in [0.5, 0.6) is 0 Å². The van der Waals surface area contributed by atoms with Crippen LogP contribution < -0.4 is 0 Å². The Morgan fingerprint density at radius 1 is 1.20 bits per heavy atom. The predicted octanol–water partition coefficient (Wildman–Crippen LogP) is 4.42. The van der Waals surface area contributed by atoms with Gasteiger partial charge in [-0.25, -0.2) is 4.39 Å². The van der Waals surface area contributed by atoms with Crippen LogP contribution in [0.3, 0.4) is 0 Å². The highest BCUT2D eigenvalue weighted by molar-refractivity contribution is 9.09. The van der Waals surface area contributed by atoms with Crippen LogP contribution in [-0.2, 0) is 6.42 Å². The van der Waals surface area contributed by atoms with E-state index in [2.05, 4.69) is 36.7 Å². The lowest BCUT2D eigenvalue weighted by Gasteiger charge is -2.23. The molecule has 2 atom stereocenters. The third-order valence-electron chi connectivity index (χ3n) is 2.86. The lowest BCUT2D eigenvalue weighted by Crippen LogP contribution is -2.20. The fourth-order valence-electron chi connectivity index (χ4n) is 1.85. The highest BCUT2D eigenvalue weighted by Crippen LogP contribution is 2.26. The number of benzene rings is 1. The molecule has 1 aromatic rings. The SMILES string of the molecule is CC(C)C(Cc1ccccc1F)C(C)Br. The standard InChI is InChI=1S/C13H18BrF/c1-9(2)12(10(3)14)8-11-6-4-5-7-13(11)15/h4-7,9-10,12H,8H2,1-3H3. The predicted molar refractivity (Wildman–Crippen MR) is 66.8 cm³/mol. The molecule has 0 heterocycles. The van der Waals surface area contributed by atoms with Crippen LogP contribution in [0.1, 0.15) is 26.3 Å². The molecular formula is C13H18BrF. The van der Waals surface area contributed by atoms with E-state index in [0.29, 0.717) is 16.7 Å². The fraction of sp³-hybridized carbons (Fsp3) is 0.538. The molecule has 0 radical (unpaired) electrons. The molecule has 15 heavy (non-hydrogen) atoms. The van der Waals surface area contributed by atoms with Gasteiger partial charge < -0.3 is 0 Å². The molecule has 0 bridgehead atoms. The Hall–Kier alpha value is -0.370. The van der Waals surface area contributed by atoms with Crippen molar-refractivity contribution < 1.29 is 4.39 Å². The second-order valence-electron chi connectivity index (χ2n) is 4.38. The minimum Gasteiger partial charge on any atom is -0.207 e. The van der Waals surface area contributed by atoms with Crippen LogP contribution in [0.25, 0.3) is 0 Å². The molecule has 0 nitrogen and oxygen atoms in total. The van der Waals surface area contributed by atoms with Gasteiger partial charge in [0.05, 0.1) is 0 Å². The molecule has 84 valence electrons. The minimum atomic E-state index is -0.0868. The first kappa shape index (κ1) is 12.7. The molecule has 0 aliphatic carbocycles. The van der Waals surface area contributed by atoms with E-state index in [4.69, 9.17) is 0 Å². The summed E-state index contributed by atoms with van der Waals surface area (Å²) in [6.45, 7) is 6.50. The Kier molecular flexibility index (Phi) is 4.78. The van der Waals surface area contributed by atoms with Gasteiger partial charge in [-0.05, 0) is 29.9 Å². The zero-order valence-electron chi connectivity index (χ0n) is 9.50. The first-order valence-corrected chi connectivity index (χ1v) is 6.31. The smallest absolute Gasteiger partial charge is 0.126 e. The Bertz CT molecular complexity index is 299. The van der Waals surface area contributed by atoms with E-state index in [1.54, 1.807) is 6.07 Å². The topological polar surface area (TPSA) is 0 Å². The highest BCUT2D eigenvalue weighted by Gasteiger charge is 2.20. The Morgan fingerprint density at radius 2 is 1.80 bits per heavy atom. The summed E-state index contributed by atoms with van der Waals surface area (Å²) in [6, 6.07) is 7.04. The van der Waals surface area contributed by atoms with Crippen LogP contribution in [0.15, 0.2) is 24.3 Å². The van der Waals surface area contributed by atoms with Crippen molar-refractivity contribution in [3.05, 3.63) is 35.6 Å². The zero-order valence-corrected chi connectivity index (χ0v) is 11.1. The molecule has 0 saturated heterocycles. The van der Waals surface area contributed by atoms with Crippen molar-refractivity contribution in [1.29, 1.82) is 0 Å². The van der Waals surface area contributed by atoms with Crippen LogP contribution in [0, 0.1) is 17.7 Å². The molecule has 0 N–H and O–H groups in total. The number of halogens is 2. The normalized spacial score (nSPS) is 15.3. The van der Waals surface area contributed by atoms with Gasteiger partial charge in [-0.1, -0.05) is 54.9 Å². The van der Waals surface area contributed by atoms with Crippen molar-refractivity contribution in [3.63, 3.8) is 0 Å². The summed E-state index contributed by atoms with van der Waals surface area (Å²) in [5.41, 5.74) is 0.822. The molecule has 0 aliphatic rings. The summed E-state index contributed by atoms with van der Waals surface area (Å²) in [7, 11) is 0. The zero-order chi connectivity index (χ0) is 11.4. The largest absolute Gasteiger partial charge is 0.207 e. The van der Waals surface area contributed by atoms with Gasteiger partial charge >= 0.3 is 0 Å². The molecule has 0 aromatic heterocycles. The third kappa shape index (κ3) is 3.60. The Labute approximate surface area is 100 Å². The number of rotatable bonds is 4. The van der Waals surface area contributed by atoms with Gasteiger partial charge in [0.2, 0.25) is 0 Å². The van der Waals surface area contributed by atoms with Crippen LogP contribution in [0.2, 0.25) is 0 Å². The molecule has 0 aliphatic heterocycles. The van der Waals surface area contributed by atoms with Crippen molar-refractivity contribution in [2.45, 2.75) is 32.0 Å². The second kappa shape index (κ2) is 5.64. The van der Waals surface area contributed by atoms with Crippen molar-refractivity contribution in [2.24, 2.45) is 11.8 Å². The lowest BCUT2D eigenvalue weighted by molar-refractivity contribution is 0.378. The maximum Gasteiger partial charge on any atom is 0.126 e. The maximum absolute atomic E-state index is 13.5. The first-order valence-electron chi connectivity index (χ1n) is 5.40. The van der Waals surface area contributed by atoms with Gasteiger partial charge in [0.1, 0.15) is 5.82 Å². The molecule has 1 aromatic carbocycles. The third-order valence-corrected chi connectivity index (χ3v) is 3.54. The molecule has 0 spiro atoms.